The molecule has 0 radical (unpaired) electrons. The number of nitrogens with zero attached hydrogens (tertiary/aromatic N) is 4. The molecule has 2 aliphatic rings. The Morgan fingerprint density at radius 1 is 1.12 bits per heavy atom. The molecule has 0 aliphatic carbocycles. The standard InChI is InChI=1S/C19H25N5O2/c20-19(26)24-17-6-4-14-5-7-18(25)23(13-16(14)15(17)12-21-24)11-10-22-8-2-1-3-9-22/h4,6,12H,1-3,5,7-11,13H2,(H2,20,26). The first-order chi connectivity index (χ1) is 12.6. The zero-order valence-electron chi connectivity index (χ0n) is 15.0. The number of fused-ring (bicyclic) bond motifs is 3. The molecule has 0 atom stereocenters. The number of aromatic nitrogens is 2. The Kier molecular flexibility index (Phi) is 4.63. The van der Waals surface area contributed by atoms with E-state index in [1.807, 2.05) is 17.0 Å². The molecule has 2 amide bonds. The predicted octanol–water partition coefficient (Wildman–Crippen LogP) is 1.72. The molecule has 0 unspecified atom stereocenters. The second-order valence-corrected chi connectivity index (χ2v) is 7.25. The van der Waals surface area contributed by atoms with Gasteiger partial charge in [-0.25, -0.2) is 4.79 Å². The molecule has 26 heavy (non-hydrogen) atoms. The van der Waals surface area contributed by atoms with Crippen LogP contribution in [0.4, 0.5) is 4.79 Å². The number of carbonyl (C=O) groups excluding carboxylic acids is 2. The minimum Gasteiger partial charge on any atom is -0.350 e. The monoisotopic (exact) mass is 355 g/mol. The quantitative estimate of drug-likeness (QED) is 0.909. The third-order valence-electron chi connectivity index (χ3n) is 5.62. The average molecular weight is 355 g/mol. The minimum absolute atomic E-state index is 0.202. The van der Waals surface area contributed by atoms with Gasteiger partial charge in [-0.3, -0.25) is 4.79 Å². The fraction of sp³-hybridized carbons (Fsp3) is 0.526. The lowest BCUT2D eigenvalue weighted by molar-refractivity contribution is -0.131. The van der Waals surface area contributed by atoms with Crippen LogP contribution in [0.1, 0.15) is 36.8 Å². The van der Waals surface area contributed by atoms with E-state index in [0.29, 0.717) is 18.5 Å². The van der Waals surface area contributed by atoms with Crippen molar-refractivity contribution < 1.29 is 9.59 Å². The Morgan fingerprint density at radius 3 is 2.69 bits per heavy atom. The molecule has 0 spiro atoms. The highest BCUT2D eigenvalue weighted by atomic mass is 16.2. The van der Waals surface area contributed by atoms with Crippen LogP contribution >= 0.6 is 0 Å². The molecule has 7 nitrogen and oxygen atoms in total. The van der Waals surface area contributed by atoms with Gasteiger partial charge in [0.25, 0.3) is 0 Å². The molecular formula is C19H25N5O2. The highest BCUT2D eigenvalue weighted by molar-refractivity contribution is 5.92. The van der Waals surface area contributed by atoms with Crippen LogP contribution in [-0.2, 0) is 17.8 Å². The number of likely N-dealkylation sites (tertiary alicyclic amines) is 1. The van der Waals surface area contributed by atoms with Gasteiger partial charge in [0, 0.05) is 31.4 Å². The summed E-state index contributed by atoms with van der Waals surface area (Å²) in [7, 11) is 0. The van der Waals surface area contributed by atoms with Crippen molar-refractivity contribution in [1.82, 2.24) is 19.6 Å². The molecule has 138 valence electrons. The lowest BCUT2D eigenvalue weighted by Crippen LogP contribution is -2.39. The van der Waals surface area contributed by atoms with Crippen LogP contribution in [0.25, 0.3) is 10.9 Å². The minimum atomic E-state index is -0.591. The highest BCUT2D eigenvalue weighted by Crippen LogP contribution is 2.27. The topological polar surface area (TPSA) is 84.5 Å². The molecular weight excluding hydrogens is 330 g/mol. The molecule has 1 aromatic carbocycles. The third-order valence-corrected chi connectivity index (χ3v) is 5.62. The summed E-state index contributed by atoms with van der Waals surface area (Å²) in [4.78, 5) is 28.6. The van der Waals surface area contributed by atoms with E-state index in [9.17, 15) is 9.59 Å². The Bertz CT molecular complexity index is 838. The van der Waals surface area contributed by atoms with Crippen LogP contribution in [0.3, 0.4) is 0 Å². The van der Waals surface area contributed by atoms with Crippen molar-refractivity contribution in [2.45, 2.75) is 38.6 Å². The summed E-state index contributed by atoms with van der Waals surface area (Å²) in [5, 5.41) is 5.04. The molecule has 7 heteroatoms. The fourth-order valence-electron chi connectivity index (χ4n) is 4.13. The van der Waals surface area contributed by atoms with E-state index >= 15 is 0 Å². The van der Waals surface area contributed by atoms with E-state index in [-0.39, 0.29) is 5.91 Å². The highest BCUT2D eigenvalue weighted by Gasteiger charge is 2.24. The van der Waals surface area contributed by atoms with Crippen molar-refractivity contribution in [2.24, 2.45) is 5.73 Å². The SMILES string of the molecule is NC(=O)n1ncc2c3c(ccc21)CCC(=O)N(CCN1CCCCC1)C3. The van der Waals surface area contributed by atoms with Crippen molar-refractivity contribution in [3.05, 3.63) is 29.5 Å². The summed E-state index contributed by atoms with van der Waals surface area (Å²) in [5.74, 6) is 0.202. The first-order valence-electron chi connectivity index (χ1n) is 9.42. The number of benzene rings is 1. The van der Waals surface area contributed by atoms with Crippen LogP contribution < -0.4 is 5.73 Å². The summed E-state index contributed by atoms with van der Waals surface area (Å²) < 4.78 is 1.22. The maximum atomic E-state index is 12.6. The van der Waals surface area contributed by atoms with Crippen LogP contribution in [0, 0.1) is 0 Å². The van der Waals surface area contributed by atoms with Gasteiger partial charge in [-0.1, -0.05) is 12.5 Å². The first kappa shape index (κ1) is 17.0. The zero-order chi connectivity index (χ0) is 18.1. The largest absolute Gasteiger partial charge is 0.350 e. The van der Waals surface area contributed by atoms with Gasteiger partial charge in [0.05, 0.1) is 11.7 Å². The number of hydrogen-bond acceptors (Lipinski definition) is 4. The van der Waals surface area contributed by atoms with E-state index < -0.39 is 6.03 Å². The summed E-state index contributed by atoms with van der Waals surface area (Å²) in [5.41, 5.74) is 8.37. The fourth-order valence-corrected chi connectivity index (χ4v) is 4.13. The van der Waals surface area contributed by atoms with Gasteiger partial charge in [-0.05, 0) is 49.5 Å². The molecule has 1 fully saturated rings. The average Bonchev–Trinajstić information content (AvgIpc) is 3.02. The van der Waals surface area contributed by atoms with Crippen molar-refractivity contribution in [2.75, 3.05) is 26.2 Å². The maximum Gasteiger partial charge on any atom is 0.340 e. The van der Waals surface area contributed by atoms with E-state index in [4.69, 9.17) is 5.73 Å². The molecule has 3 heterocycles. The number of carbonyl (C=O) groups is 2. The second-order valence-electron chi connectivity index (χ2n) is 7.25. The Balaban J connectivity index is 1.59. The van der Waals surface area contributed by atoms with Gasteiger partial charge in [0.15, 0.2) is 0 Å². The van der Waals surface area contributed by atoms with Gasteiger partial charge in [0.1, 0.15) is 0 Å². The van der Waals surface area contributed by atoms with E-state index in [1.165, 1.54) is 23.9 Å². The van der Waals surface area contributed by atoms with Crippen LogP contribution in [0.5, 0.6) is 0 Å². The van der Waals surface area contributed by atoms with Gasteiger partial charge >= 0.3 is 6.03 Å². The second kappa shape index (κ2) is 7.07. The Hall–Kier alpha value is -2.41. The van der Waals surface area contributed by atoms with Crippen LogP contribution in [-0.4, -0.2) is 57.7 Å². The summed E-state index contributed by atoms with van der Waals surface area (Å²) in [6.07, 6.45) is 6.77. The van der Waals surface area contributed by atoms with E-state index in [0.717, 1.165) is 49.1 Å². The summed E-state index contributed by atoms with van der Waals surface area (Å²) in [6.45, 7) is 4.52. The van der Waals surface area contributed by atoms with Gasteiger partial charge in [0.2, 0.25) is 5.91 Å². The van der Waals surface area contributed by atoms with E-state index in [1.54, 1.807) is 6.20 Å². The van der Waals surface area contributed by atoms with Gasteiger partial charge in [-0.15, -0.1) is 0 Å². The van der Waals surface area contributed by atoms with Crippen molar-refractivity contribution in [1.29, 1.82) is 0 Å². The number of nitrogens with two attached hydrogens (primary N) is 1. The van der Waals surface area contributed by atoms with Crippen molar-refractivity contribution in [3.8, 4) is 0 Å². The van der Waals surface area contributed by atoms with Gasteiger partial charge in [-0.2, -0.15) is 9.78 Å². The smallest absolute Gasteiger partial charge is 0.340 e. The third kappa shape index (κ3) is 3.19. The predicted molar refractivity (Wildman–Crippen MR) is 98.7 cm³/mol. The summed E-state index contributed by atoms with van der Waals surface area (Å²) >= 11 is 0. The normalized spacial score (nSPS) is 18.8. The number of hydrogen-bond donors (Lipinski definition) is 1. The molecule has 0 saturated carbocycles. The lowest BCUT2D eigenvalue weighted by atomic mass is 10.0. The zero-order valence-corrected chi connectivity index (χ0v) is 15.0. The van der Waals surface area contributed by atoms with Crippen LogP contribution in [0.2, 0.25) is 0 Å². The number of piperidine rings is 1. The first-order valence-corrected chi connectivity index (χ1v) is 9.42. The van der Waals surface area contributed by atoms with Crippen molar-refractivity contribution >= 4 is 22.8 Å². The maximum absolute atomic E-state index is 12.6. The lowest BCUT2D eigenvalue weighted by Gasteiger charge is -2.29. The number of rotatable bonds is 3. The molecule has 4 rings (SSSR count). The van der Waals surface area contributed by atoms with Crippen LogP contribution in [0.15, 0.2) is 18.3 Å². The summed E-state index contributed by atoms with van der Waals surface area (Å²) in [6, 6.07) is 3.28. The van der Waals surface area contributed by atoms with Crippen molar-refractivity contribution in [3.63, 3.8) is 0 Å². The molecule has 1 aromatic heterocycles. The molecule has 1 saturated heterocycles. The van der Waals surface area contributed by atoms with Gasteiger partial charge < -0.3 is 15.5 Å². The molecule has 0 bridgehead atoms. The van der Waals surface area contributed by atoms with E-state index in [2.05, 4.69) is 10.00 Å². The molecule has 2 N–H and O–H groups in total. The number of primary amides is 1. The number of amides is 2. The number of aryl methyl sites for hydroxylation is 1. The molecule has 2 aliphatic heterocycles. The Labute approximate surface area is 152 Å². The molecule has 2 aromatic rings. The Morgan fingerprint density at radius 2 is 1.92 bits per heavy atom.